The van der Waals surface area contributed by atoms with Gasteiger partial charge in [-0.05, 0) is 19.1 Å². The molecule has 2 aliphatic heterocycles. The lowest BCUT2D eigenvalue weighted by Crippen LogP contribution is -3.30. The normalized spacial score (nSPS) is 29.2. The highest BCUT2D eigenvalue weighted by molar-refractivity contribution is 7.89. The quantitative estimate of drug-likeness (QED) is 0.469. The van der Waals surface area contributed by atoms with Gasteiger partial charge in [0.25, 0.3) is 0 Å². The van der Waals surface area contributed by atoms with Crippen LogP contribution in [0.3, 0.4) is 0 Å². The molecule has 0 spiro atoms. The van der Waals surface area contributed by atoms with E-state index in [1.807, 2.05) is 12.2 Å². The van der Waals surface area contributed by atoms with Crippen LogP contribution in [-0.2, 0) is 10.0 Å². The molecule has 2 fully saturated rings. The molecule has 2 saturated heterocycles. The first kappa shape index (κ1) is 15.3. The van der Waals surface area contributed by atoms with Crippen molar-refractivity contribution >= 4 is 10.0 Å². The molecule has 3 rings (SSSR count). The van der Waals surface area contributed by atoms with Gasteiger partial charge in [0.15, 0.2) is 19.8 Å². The van der Waals surface area contributed by atoms with Gasteiger partial charge in [0, 0.05) is 4.92 Å². The van der Waals surface area contributed by atoms with E-state index in [9.17, 15) is 18.5 Å². The number of sulfonamides is 1. The van der Waals surface area contributed by atoms with Gasteiger partial charge in [-0.1, -0.05) is 17.7 Å². The minimum Gasteiger partial charge on any atom is -0.294 e. The van der Waals surface area contributed by atoms with Crippen molar-refractivity contribution in [3.8, 4) is 0 Å². The van der Waals surface area contributed by atoms with Crippen LogP contribution in [0.15, 0.2) is 29.2 Å². The Kier molecular flexibility index (Phi) is 3.68. The highest BCUT2D eigenvalue weighted by Gasteiger charge is 2.59. The molecule has 9 heteroatoms. The van der Waals surface area contributed by atoms with Crippen molar-refractivity contribution < 1.29 is 23.6 Å². The molecule has 2 heterocycles. The molecule has 1 aromatic rings. The summed E-state index contributed by atoms with van der Waals surface area (Å²) in [6, 6.07) is 6.60. The molecular weight excluding hydrogens is 308 g/mol. The average Bonchev–Trinajstić information content (AvgIpc) is 2.47. The number of quaternary nitrogens is 2. The number of hydrogen-bond donors (Lipinski definition) is 2. The van der Waals surface area contributed by atoms with Gasteiger partial charge in [-0.3, -0.25) is 20.3 Å². The lowest BCUT2D eigenvalue weighted by molar-refractivity contribution is -1.05. The van der Waals surface area contributed by atoms with E-state index < -0.39 is 15.6 Å². The monoisotopic (exact) mass is 328 g/mol. The molecule has 22 heavy (non-hydrogen) atoms. The Hall–Kier alpha value is -1.55. The molecule has 0 aromatic heterocycles. The van der Waals surface area contributed by atoms with Crippen LogP contribution < -0.4 is 10.2 Å². The van der Waals surface area contributed by atoms with Gasteiger partial charge < -0.3 is 0 Å². The second-order valence-corrected chi connectivity index (χ2v) is 8.13. The number of hydrogen-bond acceptors (Lipinski definition) is 4. The van der Waals surface area contributed by atoms with Crippen LogP contribution in [0.2, 0.25) is 0 Å². The van der Waals surface area contributed by atoms with Gasteiger partial charge in [-0.25, -0.2) is 8.42 Å². The number of aryl methyl sites for hydroxylation is 1. The number of benzene rings is 1. The lowest BCUT2D eigenvalue weighted by atomic mass is 9.96. The number of nitro groups is 1. The molecule has 0 radical (unpaired) electrons. The predicted octanol–water partition coefficient (Wildman–Crippen LogP) is -2.61. The number of nitrogens with two attached hydrogens (primary N) is 1. The molecule has 8 nitrogen and oxygen atoms in total. The van der Waals surface area contributed by atoms with Gasteiger partial charge in [0.1, 0.15) is 6.54 Å². The Morgan fingerprint density at radius 2 is 2.05 bits per heavy atom. The largest absolute Gasteiger partial charge is 0.330 e. The Morgan fingerprint density at radius 1 is 1.36 bits per heavy atom. The fourth-order valence-electron chi connectivity index (χ4n) is 3.26. The first-order valence-electron chi connectivity index (χ1n) is 7.20. The van der Waals surface area contributed by atoms with Crippen molar-refractivity contribution in [2.75, 3.05) is 33.0 Å². The van der Waals surface area contributed by atoms with Crippen molar-refractivity contribution in [3.05, 3.63) is 39.9 Å². The zero-order valence-corrected chi connectivity index (χ0v) is 13.2. The Bertz CT molecular complexity index is 690. The first-order chi connectivity index (χ1) is 10.3. The van der Waals surface area contributed by atoms with E-state index >= 15 is 0 Å². The van der Waals surface area contributed by atoms with Crippen LogP contribution in [0.4, 0.5) is 0 Å². The zero-order valence-electron chi connectivity index (χ0n) is 12.4. The summed E-state index contributed by atoms with van der Waals surface area (Å²) < 4.78 is 26.8. The van der Waals surface area contributed by atoms with Crippen LogP contribution in [-0.4, -0.2) is 56.2 Å². The summed E-state index contributed by atoms with van der Waals surface area (Å²) in [7, 11) is -3.70. The van der Waals surface area contributed by atoms with Gasteiger partial charge in [0.05, 0.1) is 4.90 Å². The van der Waals surface area contributed by atoms with E-state index in [0.29, 0.717) is 19.8 Å². The van der Waals surface area contributed by atoms with Crippen LogP contribution >= 0.6 is 0 Å². The predicted molar refractivity (Wildman–Crippen MR) is 77.2 cm³/mol. The van der Waals surface area contributed by atoms with Gasteiger partial charge in [0.2, 0.25) is 16.7 Å². The molecule has 0 saturated carbocycles. The number of nitrogens with zero attached hydrogens (tertiary/aromatic N) is 2. The number of nitrogens with one attached hydrogen (secondary N) is 1. The maximum absolute atomic E-state index is 12.8. The minimum atomic E-state index is -3.70. The topological polar surface area (TPSA) is 102 Å². The Morgan fingerprint density at radius 3 is 2.68 bits per heavy atom. The first-order valence-corrected chi connectivity index (χ1v) is 8.64. The standard InChI is InChI=1S/C13H18N4O4S/c1-11-2-4-12(5-3-11)22(20,21)16-8-13(17(18)19)6-14-9-15(7-13)10-16/h2-5,14H,6-10H2,1H3/p+2/t13-/m0/s1. The maximum Gasteiger partial charge on any atom is 0.330 e. The fourth-order valence-corrected chi connectivity index (χ4v) is 4.80. The molecule has 1 aromatic carbocycles. The zero-order chi connectivity index (χ0) is 16.0. The maximum atomic E-state index is 12.8. The van der Waals surface area contributed by atoms with Crippen LogP contribution in [0.5, 0.6) is 0 Å². The fraction of sp³-hybridized carbons (Fsp3) is 0.538. The molecule has 3 N–H and O–H groups in total. The molecule has 120 valence electrons. The Balaban J connectivity index is 1.94. The van der Waals surface area contributed by atoms with Crippen molar-refractivity contribution in [3.63, 3.8) is 0 Å². The minimum absolute atomic E-state index is 0.0593. The molecule has 2 atom stereocenters. The number of fused-ring (bicyclic) bond motifs is 2. The van der Waals surface area contributed by atoms with Gasteiger partial charge >= 0.3 is 5.54 Å². The van der Waals surface area contributed by atoms with Crippen molar-refractivity contribution in [1.82, 2.24) is 4.31 Å². The SMILES string of the molecule is Cc1ccc(S(=O)(=O)N2C[NH+]3C[NH2+]C[C@@]([N+](=O)[O-])(C2)C3)cc1. The molecule has 1 unspecified atom stereocenters. The van der Waals surface area contributed by atoms with Gasteiger partial charge in [-0.15, -0.1) is 4.31 Å². The third kappa shape index (κ3) is 2.50. The summed E-state index contributed by atoms with van der Waals surface area (Å²) in [6.45, 7) is 3.48. The average molecular weight is 328 g/mol. The van der Waals surface area contributed by atoms with E-state index in [1.54, 1.807) is 24.3 Å². The van der Waals surface area contributed by atoms with Gasteiger partial charge in [-0.2, -0.15) is 0 Å². The van der Waals surface area contributed by atoms with Crippen molar-refractivity contribution in [1.29, 1.82) is 0 Å². The summed E-state index contributed by atoms with van der Waals surface area (Å²) in [5.41, 5.74) is -0.218. The van der Waals surface area contributed by atoms with E-state index in [4.69, 9.17) is 0 Å². The smallest absolute Gasteiger partial charge is 0.294 e. The second kappa shape index (κ2) is 5.27. The highest BCUT2D eigenvalue weighted by atomic mass is 32.2. The van der Waals surface area contributed by atoms with E-state index in [2.05, 4.69) is 0 Å². The van der Waals surface area contributed by atoms with Crippen molar-refractivity contribution in [2.24, 2.45) is 0 Å². The summed E-state index contributed by atoms with van der Waals surface area (Å²) >= 11 is 0. The molecular formula is C13H20N4O4S+2. The molecule has 2 bridgehead atoms. The summed E-state index contributed by atoms with van der Waals surface area (Å²) in [5.74, 6) is 0. The van der Waals surface area contributed by atoms with Crippen molar-refractivity contribution in [2.45, 2.75) is 17.4 Å². The third-order valence-electron chi connectivity index (χ3n) is 4.45. The second-order valence-electron chi connectivity index (χ2n) is 6.19. The summed E-state index contributed by atoms with van der Waals surface area (Å²) in [5, 5.41) is 13.4. The van der Waals surface area contributed by atoms with Crippen LogP contribution in [0.1, 0.15) is 5.56 Å². The summed E-state index contributed by atoms with van der Waals surface area (Å²) in [6.07, 6.45) is 0. The van der Waals surface area contributed by atoms with Crippen LogP contribution in [0.25, 0.3) is 0 Å². The number of rotatable bonds is 3. The molecule has 0 aliphatic carbocycles. The summed E-state index contributed by atoms with van der Waals surface area (Å²) in [4.78, 5) is 12.3. The van der Waals surface area contributed by atoms with Crippen LogP contribution in [0, 0.1) is 17.0 Å². The van der Waals surface area contributed by atoms with E-state index in [-0.39, 0.29) is 23.0 Å². The van der Waals surface area contributed by atoms with E-state index in [1.165, 1.54) is 4.31 Å². The lowest BCUT2D eigenvalue weighted by Gasteiger charge is -2.40. The Labute approximate surface area is 128 Å². The third-order valence-corrected chi connectivity index (χ3v) is 6.26. The molecule has 2 aliphatic rings. The molecule has 0 amide bonds. The van der Waals surface area contributed by atoms with E-state index in [0.717, 1.165) is 10.5 Å². The highest BCUT2D eigenvalue weighted by Crippen LogP contribution is 2.21.